The zero-order chi connectivity index (χ0) is 31.0. The minimum absolute atomic E-state index is 0.0179. The van der Waals surface area contributed by atoms with Crippen LogP contribution in [0.3, 0.4) is 0 Å². The molecular formula is C30H39N7O6S. The van der Waals surface area contributed by atoms with Crippen LogP contribution in [0.4, 0.5) is 4.79 Å². The van der Waals surface area contributed by atoms with Crippen LogP contribution in [-0.2, 0) is 19.1 Å². The van der Waals surface area contributed by atoms with Gasteiger partial charge < -0.3 is 25.5 Å². The molecule has 1 unspecified atom stereocenters. The monoisotopic (exact) mass is 625 g/mol. The average molecular weight is 626 g/mol. The Balaban J connectivity index is 1.01. The lowest BCUT2D eigenvalue weighted by molar-refractivity contribution is -0.154. The van der Waals surface area contributed by atoms with Crippen molar-refractivity contribution in [1.29, 1.82) is 0 Å². The molecule has 5 fully saturated rings. The Morgan fingerprint density at radius 3 is 2.50 bits per heavy atom. The molecule has 2 aromatic rings. The van der Waals surface area contributed by atoms with Crippen LogP contribution in [0.2, 0.25) is 0 Å². The molecule has 14 heteroatoms. The van der Waals surface area contributed by atoms with Crippen LogP contribution >= 0.6 is 12.2 Å². The molecule has 1 saturated heterocycles. The second-order valence-corrected chi connectivity index (χ2v) is 13.3. The molecule has 4 aliphatic carbocycles. The van der Waals surface area contributed by atoms with Gasteiger partial charge in [-0.1, -0.05) is 12.1 Å². The number of alkyl carbamates (subject to hydrolysis) is 1. The van der Waals surface area contributed by atoms with E-state index in [-0.39, 0.29) is 23.7 Å². The number of hydrogen-bond acceptors (Lipinski definition) is 8. The number of carbonyl (C=O) groups excluding carboxylic acids is 3. The summed E-state index contributed by atoms with van der Waals surface area (Å²) in [5.74, 6) is -0.301. The molecule has 1 aromatic carbocycles. The first kappa shape index (κ1) is 30.1. The maximum atomic E-state index is 13.0. The third-order valence-corrected chi connectivity index (χ3v) is 10.0. The predicted octanol–water partition coefficient (Wildman–Crippen LogP) is 2.56. The van der Waals surface area contributed by atoms with Crippen molar-refractivity contribution in [1.82, 2.24) is 29.9 Å². The van der Waals surface area contributed by atoms with Gasteiger partial charge in [-0.15, -0.1) is 0 Å². The molecule has 0 spiro atoms. The number of carboxylic acids is 1. The van der Waals surface area contributed by atoms with Gasteiger partial charge in [-0.05, 0) is 87.1 Å². The van der Waals surface area contributed by atoms with Crippen molar-refractivity contribution in [2.75, 3.05) is 38.2 Å². The normalized spacial score (nSPS) is 26.2. The molecule has 3 N–H and O–H groups in total. The standard InChI is InChI=1S/C30H39N7O6S/c1-19(38)36(15-24(27(40)41)33-28(42)43-17-30-12-20-9-21(13-30)11-22(10-20)14-30)37-26(39)16-34(29(37)44)8-4-7-32-35-18-31-23-5-2-3-6-25(23)35/h2-3,5-6,18,20-22,24,32H,4,7-17H2,1H3,(H,33,42)(H,40,41). The number of nitrogens with one attached hydrogen (secondary N) is 2. The van der Waals surface area contributed by atoms with E-state index in [1.807, 2.05) is 28.9 Å². The quantitative estimate of drug-likeness (QED) is 0.237. The summed E-state index contributed by atoms with van der Waals surface area (Å²) >= 11 is 5.54. The Kier molecular flexibility index (Phi) is 8.36. The van der Waals surface area contributed by atoms with E-state index in [1.165, 1.54) is 26.2 Å². The highest BCUT2D eigenvalue weighted by Gasteiger charge is 2.51. The molecule has 13 nitrogen and oxygen atoms in total. The summed E-state index contributed by atoms with van der Waals surface area (Å²) in [6.07, 6.45) is 8.43. The fourth-order valence-electron chi connectivity index (χ4n) is 8.08. The number of amides is 3. The molecule has 0 radical (unpaired) electrons. The molecule has 5 aliphatic rings. The van der Waals surface area contributed by atoms with E-state index in [1.54, 1.807) is 11.2 Å². The number of carbonyl (C=O) groups is 4. The van der Waals surface area contributed by atoms with Crippen LogP contribution in [-0.4, -0.2) is 97.5 Å². The van der Waals surface area contributed by atoms with Gasteiger partial charge in [0.05, 0.1) is 24.2 Å². The van der Waals surface area contributed by atoms with E-state index < -0.39 is 36.5 Å². The molecule has 1 aromatic heterocycles. The Morgan fingerprint density at radius 2 is 1.84 bits per heavy atom. The molecule has 3 amide bonds. The second-order valence-electron chi connectivity index (χ2n) is 12.9. The van der Waals surface area contributed by atoms with Crippen LogP contribution in [0, 0.1) is 23.2 Å². The summed E-state index contributed by atoms with van der Waals surface area (Å²) in [6.45, 7) is 1.97. The van der Waals surface area contributed by atoms with Crippen molar-refractivity contribution in [2.45, 2.75) is 57.9 Å². The molecule has 2 heterocycles. The van der Waals surface area contributed by atoms with E-state index in [2.05, 4.69) is 15.7 Å². The van der Waals surface area contributed by atoms with Gasteiger partial charge in [0.1, 0.15) is 18.9 Å². The van der Waals surface area contributed by atoms with Crippen LogP contribution in [0.5, 0.6) is 0 Å². The van der Waals surface area contributed by atoms with Gasteiger partial charge in [0, 0.05) is 25.4 Å². The van der Waals surface area contributed by atoms with Crippen molar-refractivity contribution in [2.24, 2.45) is 23.2 Å². The number of imidazole rings is 1. The molecule has 1 aliphatic heterocycles. The Bertz CT molecular complexity index is 1430. The van der Waals surface area contributed by atoms with E-state index in [0.29, 0.717) is 37.3 Å². The Labute approximate surface area is 260 Å². The molecule has 236 valence electrons. The van der Waals surface area contributed by atoms with Crippen LogP contribution in [0.15, 0.2) is 30.6 Å². The number of nitrogens with zero attached hydrogens (tertiary/aromatic N) is 5. The smallest absolute Gasteiger partial charge is 0.407 e. The first-order valence-electron chi connectivity index (χ1n) is 15.3. The zero-order valence-electron chi connectivity index (χ0n) is 24.8. The summed E-state index contributed by atoms with van der Waals surface area (Å²) in [7, 11) is 0. The van der Waals surface area contributed by atoms with E-state index >= 15 is 0 Å². The van der Waals surface area contributed by atoms with Crippen LogP contribution in [0.25, 0.3) is 11.0 Å². The predicted molar refractivity (Wildman–Crippen MR) is 163 cm³/mol. The third-order valence-electron chi connectivity index (χ3n) is 9.58. The van der Waals surface area contributed by atoms with Crippen LogP contribution in [0.1, 0.15) is 51.9 Å². The number of benzene rings is 1. The van der Waals surface area contributed by atoms with Gasteiger partial charge in [0.2, 0.25) is 5.91 Å². The Morgan fingerprint density at radius 1 is 1.16 bits per heavy atom. The lowest BCUT2D eigenvalue weighted by Crippen LogP contribution is -2.57. The van der Waals surface area contributed by atoms with Crippen molar-refractivity contribution in [3.05, 3.63) is 30.6 Å². The van der Waals surface area contributed by atoms with Crippen LogP contribution < -0.4 is 10.7 Å². The molecule has 4 saturated carbocycles. The largest absolute Gasteiger partial charge is 0.480 e. The van der Waals surface area contributed by atoms with E-state index in [0.717, 1.165) is 40.3 Å². The lowest BCUT2D eigenvalue weighted by atomic mass is 9.50. The maximum absolute atomic E-state index is 13.0. The molecule has 7 rings (SSSR count). The van der Waals surface area contributed by atoms with Gasteiger partial charge in [-0.3, -0.25) is 9.59 Å². The number of hydrazine groups is 1. The number of carboxylic acid groups (broad SMARTS) is 1. The topological polar surface area (TPSA) is 149 Å². The van der Waals surface area contributed by atoms with Crippen molar-refractivity contribution >= 4 is 52.2 Å². The van der Waals surface area contributed by atoms with Gasteiger partial charge in [0.25, 0.3) is 5.91 Å². The summed E-state index contributed by atoms with van der Waals surface area (Å²) in [5, 5.41) is 14.4. The lowest BCUT2D eigenvalue weighted by Gasteiger charge is -2.56. The number of rotatable bonds is 12. The van der Waals surface area contributed by atoms with Crippen molar-refractivity contribution < 1.29 is 29.0 Å². The minimum Gasteiger partial charge on any atom is -0.480 e. The van der Waals surface area contributed by atoms with E-state index in [4.69, 9.17) is 17.0 Å². The first-order chi connectivity index (χ1) is 21.1. The summed E-state index contributed by atoms with van der Waals surface area (Å²) < 4.78 is 7.43. The first-order valence-corrected chi connectivity index (χ1v) is 15.7. The SMILES string of the molecule is CC(=O)N(CC(NC(=O)OCC12CC3CC(CC(C3)C1)C2)C(=O)O)N1C(=O)CN(CCCNn2cnc3ccccc32)C1=S. The van der Waals surface area contributed by atoms with Gasteiger partial charge in [-0.2, -0.15) is 5.01 Å². The van der Waals surface area contributed by atoms with E-state index in [9.17, 15) is 24.3 Å². The number of ether oxygens (including phenoxy) is 1. The highest BCUT2D eigenvalue weighted by Crippen LogP contribution is 2.60. The summed E-state index contributed by atoms with van der Waals surface area (Å²) in [4.78, 5) is 56.6. The maximum Gasteiger partial charge on any atom is 0.407 e. The fourth-order valence-corrected chi connectivity index (χ4v) is 8.44. The molecule has 4 bridgehead atoms. The van der Waals surface area contributed by atoms with Crippen molar-refractivity contribution in [3.63, 3.8) is 0 Å². The number of fused-ring (bicyclic) bond motifs is 1. The minimum atomic E-state index is -1.50. The second kappa shape index (κ2) is 12.2. The third kappa shape index (κ3) is 6.17. The Hall–Kier alpha value is -3.94. The summed E-state index contributed by atoms with van der Waals surface area (Å²) in [6, 6.07) is 6.24. The highest BCUT2D eigenvalue weighted by atomic mass is 32.1. The molecule has 1 atom stereocenters. The number of hydrogen-bond donors (Lipinski definition) is 3. The number of thiocarbonyl (C=S) groups is 1. The molecular weight excluding hydrogens is 586 g/mol. The average Bonchev–Trinajstić information content (AvgIpc) is 3.50. The fraction of sp³-hybridized carbons (Fsp3) is 0.600. The van der Waals surface area contributed by atoms with Gasteiger partial charge in [0.15, 0.2) is 5.11 Å². The van der Waals surface area contributed by atoms with Crippen molar-refractivity contribution in [3.8, 4) is 0 Å². The van der Waals surface area contributed by atoms with Gasteiger partial charge >= 0.3 is 12.1 Å². The number of para-hydroxylation sites is 2. The highest BCUT2D eigenvalue weighted by molar-refractivity contribution is 7.80. The van der Waals surface area contributed by atoms with Gasteiger partial charge in [-0.25, -0.2) is 24.3 Å². The molecule has 44 heavy (non-hydrogen) atoms. The number of aliphatic carboxylic acids is 1. The summed E-state index contributed by atoms with van der Waals surface area (Å²) in [5.41, 5.74) is 5.08. The zero-order valence-corrected chi connectivity index (χ0v) is 25.6. The number of aromatic nitrogens is 2.